The highest BCUT2D eigenvalue weighted by molar-refractivity contribution is 7.17. The topological polar surface area (TPSA) is 4.41 Å². The first-order valence-corrected chi connectivity index (χ1v) is 8.34. The van der Waals surface area contributed by atoms with Crippen LogP contribution < -0.4 is 0 Å². The predicted octanol–water partition coefficient (Wildman–Crippen LogP) is 6.05. The van der Waals surface area contributed by atoms with Gasteiger partial charge < -0.3 is 0 Å². The number of fused-ring (bicyclic) bond motifs is 6. The minimum Gasteiger partial charge on any atom is -0.299 e. The SMILES string of the molecule is c1cc2ccc3c4ccccc4n4c5sccc5c(c1)c2c34. The van der Waals surface area contributed by atoms with Crippen molar-refractivity contribution in [1.29, 1.82) is 0 Å². The van der Waals surface area contributed by atoms with Gasteiger partial charge in [0.15, 0.2) is 0 Å². The van der Waals surface area contributed by atoms with Crippen LogP contribution in [0.3, 0.4) is 0 Å². The lowest BCUT2D eigenvalue weighted by Gasteiger charge is -2.09. The first kappa shape index (κ1) is 11.0. The van der Waals surface area contributed by atoms with Gasteiger partial charge in [0.05, 0.1) is 11.0 Å². The van der Waals surface area contributed by atoms with Crippen LogP contribution in [0.15, 0.2) is 66.0 Å². The number of hydrogen-bond donors (Lipinski definition) is 0. The minimum atomic E-state index is 1.31. The third-order valence-electron chi connectivity index (χ3n) is 4.81. The molecule has 0 saturated carbocycles. The summed E-state index contributed by atoms with van der Waals surface area (Å²) in [4.78, 5) is 1.34. The molecule has 0 N–H and O–H groups in total. The fraction of sp³-hybridized carbons (Fsp3) is 0. The van der Waals surface area contributed by atoms with Crippen molar-refractivity contribution in [3.8, 4) is 0 Å². The van der Waals surface area contributed by atoms with Gasteiger partial charge in [-0.2, -0.15) is 0 Å². The first-order valence-electron chi connectivity index (χ1n) is 7.46. The molecular formula is C20H11NS. The molecule has 3 aromatic heterocycles. The molecule has 102 valence electrons. The molecule has 0 amide bonds. The van der Waals surface area contributed by atoms with Crippen LogP contribution in [0, 0.1) is 0 Å². The van der Waals surface area contributed by atoms with Crippen LogP contribution in [0.4, 0.5) is 0 Å². The van der Waals surface area contributed by atoms with Gasteiger partial charge in [-0.15, -0.1) is 11.3 Å². The Morgan fingerprint density at radius 3 is 2.59 bits per heavy atom. The van der Waals surface area contributed by atoms with Crippen LogP contribution in [-0.4, -0.2) is 4.40 Å². The summed E-state index contributed by atoms with van der Waals surface area (Å²) in [7, 11) is 0. The molecule has 2 heteroatoms. The number of nitrogens with zero attached hydrogens (tertiary/aromatic N) is 1. The smallest absolute Gasteiger partial charge is 0.108 e. The van der Waals surface area contributed by atoms with Crippen LogP contribution in [0.5, 0.6) is 0 Å². The van der Waals surface area contributed by atoms with E-state index in [0.717, 1.165) is 0 Å². The summed E-state index contributed by atoms with van der Waals surface area (Å²) in [6.45, 7) is 0. The second-order valence-electron chi connectivity index (χ2n) is 5.86. The van der Waals surface area contributed by atoms with Crippen molar-refractivity contribution in [2.24, 2.45) is 0 Å². The van der Waals surface area contributed by atoms with E-state index in [2.05, 4.69) is 70.4 Å². The maximum atomic E-state index is 2.46. The molecule has 6 rings (SSSR count). The van der Waals surface area contributed by atoms with Crippen molar-refractivity contribution < 1.29 is 0 Å². The lowest BCUT2D eigenvalue weighted by atomic mass is 10.0. The van der Waals surface area contributed by atoms with E-state index in [1.807, 2.05) is 11.3 Å². The number of pyridine rings is 1. The van der Waals surface area contributed by atoms with Crippen LogP contribution in [-0.2, 0) is 0 Å². The van der Waals surface area contributed by atoms with E-state index in [4.69, 9.17) is 0 Å². The molecule has 0 aliphatic heterocycles. The van der Waals surface area contributed by atoms with Crippen molar-refractivity contribution in [2.45, 2.75) is 0 Å². The summed E-state index contributed by atoms with van der Waals surface area (Å²) in [6, 6.07) is 22.2. The quantitative estimate of drug-likeness (QED) is 0.321. The van der Waals surface area contributed by atoms with Gasteiger partial charge in [0.1, 0.15) is 4.83 Å². The highest BCUT2D eigenvalue weighted by Crippen LogP contribution is 2.42. The number of para-hydroxylation sites is 1. The summed E-state index contributed by atoms with van der Waals surface area (Å²) in [6.07, 6.45) is 0. The molecule has 3 aromatic carbocycles. The number of thiophene rings is 1. The molecule has 6 aromatic rings. The monoisotopic (exact) mass is 297 g/mol. The van der Waals surface area contributed by atoms with Crippen molar-refractivity contribution >= 4 is 59.5 Å². The molecule has 0 atom stereocenters. The van der Waals surface area contributed by atoms with E-state index in [-0.39, 0.29) is 0 Å². The molecule has 0 unspecified atom stereocenters. The van der Waals surface area contributed by atoms with Gasteiger partial charge in [-0.25, -0.2) is 0 Å². The second-order valence-corrected chi connectivity index (χ2v) is 6.75. The van der Waals surface area contributed by atoms with Crippen molar-refractivity contribution in [1.82, 2.24) is 4.40 Å². The number of hydrogen-bond acceptors (Lipinski definition) is 1. The van der Waals surface area contributed by atoms with Gasteiger partial charge in [-0.3, -0.25) is 4.40 Å². The van der Waals surface area contributed by atoms with Crippen molar-refractivity contribution in [2.75, 3.05) is 0 Å². The summed E-state index contributed by atoms with van der Waals surface area (Å²) >= 11 is 1.83. The first-order chi connectivity index (χ1) is 10.9. The maximum Gasteiger partial charge on any atom is 0.108 e. The second kappa shape index (κ2) is 3.60. The molecule has 0 bridgehead atoms. The molecular weight excluding hydrogens is 286 g/mol. The maximum absolute atomic E-state index is 2.46. The van der Waals surface area contributed by atoms with Crippen LogP contribution >= 0.6 is 11.3 Å². The fourth-order valence-corrected chi connectivity index (χ4v) is 4.87. The van der Waals surface area contributed by atoms with E-state index in [1.165, 1.54) is 48.2 Å². The average molecular weight is 297 g/mol. The van der Waals surface area contributed by atoms with E-state index < -0.39 is 0 Å². The highest BCUT2D eigenvalue weighted by atomic mass is 32.1. The van der Waals surface area contributed by atoms with Gasteiger partial charge in [0, 0.05) is 21.5 Å². The summed E-state index contributed by atoms with van der Waals surface area (Å²) in [5, 5.41) is 10.3. The van der Waals surface area contributed by atoms with Gasteiger partial charge in [0.2, 0.25) is 0 Å². The standard InChI is InChI=1S/C20H11NS/c1-2-7-17-13(5-1)15-9-8-12-4-3-6-14-16-10-11-22-20(16)21(17)19(15)18(12)14/h1-11H. The Morgan fingerprint density at radius 2 is 1.59 bits per heavy atom. The van der Waals surface area contributed by atoms with Gasteiger partial charge >= 0.3 is 0 Å². The lowest BCUT2D eigenvalue weighted by Crippen LogP contribution is -1.88. The normalized spacial score (nSPS) is 12.5. The summed E-state index contributed by atoms with van der Waals surface area (Å²) in [5.41, 5.74) is 2.67. The zero-order valence-electron chi connectivity index (χ0n) is 11.7. The fourth-order valence-electron chi connectivity index (χ4n) is 3.94. The van der Waals surface area contributed by atoms with E-state index >= 15 is 0 Å². The Morgan fingerprint density at radius 1 is 0.682 bits per heavy atom. The number of benzene rings is 3. The van der Waals surface area contributed by atoms with Crippen LogP contribution in [0.1, 0.15) is 0 Å². The van der Waals surface area contributed by atoms with E-state index in [0.29, 0.717) is 0 Å². The summed E-state index contributed by atoms with van der Waals surface area (Å²) in [5.74, 6) is 0. The molecule has 0 saturated heterocycles. The molecule has 0 fully saturated rings. The van der Waals surface area contributed by atoms with E-state index in [1.54, 1.807) is 0 Å². The Hall–Kier alpha value is -2.58. The molecule has 0 spiro atoms. The van der Waals surface area contributed by atoms with Gasteiger partial charge in [-0.05, 0) is 28.3 Å². The zero-order valence-corrected chi connectivity index (χ0v) is 12.5. The Balaban J connectivity index is 2.20. The third kappa shape index (κ3) is 1.10. The molecule has 0 radical (unpaired) electrons. The van der Waals surface area contributed by atoms with Crippen LogP contribution in [0.2, 0.25) is 0 Å². The molecule has 0 aliphatic rings. The zero-order chi connectivity index (χ0) is 14.3. The minimum absolute atomic E-state index is 1.31. The number of rotatable bonds is 0. The molecule has 0 aliphatic carbocycles. The van der Waals surface area contributed by atoms with Gasteiger partial charge in [-0.1, -0.05) is 48.5 Å². The third-order valence-corrected chi connectivity index (χ3v) is 5.71. The predicted molar refractivity (Wildman–Crippen MR) is 96.5 cm³/mol. The molecule has 22 heavy (non-hydrogen) atoms. The average Bonchev–Trinajstić information content (AvgIpc) is 3.17. The Bertz CT molecular complexity index is 1320. The van der Waals surface area contributed by atoms with Crippen molar-refractivity contribution in [3.63, 3.8) is 0 Å². The Kier molecular flexibility index (Phi) is 1.81. The van der Waals surface area contributed by atoms with E-state index in [9.17, 15) is 0 Å². The largest absolute Gasteiger partial charge is 0.299 e. The Labute approximate surface area is 130 Å². The summed E-state index contributed by atoms with van der Waals surface area (Å²) < 4.78 is 2.46. The van der Waals surface area contributed by atoms with Gasteiger partial charge in [0.25, 0.3) is 0 Å². The molecule has 1 nitrogen and oxygen atoms in total. The van der Waals surface area contributed by atoms with Crippen molar-refractivity contribution in [3.05, 3.63) is 66.0 Å². The lowest BCUT2D eigenvalue weighted by molar-refractivity contribution is 1.38. The highest BCUT2D eigenvalue weighted by Gasteiger charge is 2.17. The van der Waals surface area contributed by atoms with Crippen LogP contribution in [0.25, 0.3) is 48.2 Å². The number of aromatic nitrogens is 1. The molecule has 3 heterocycles.